The van der Waals surface area contributed by atoms with E-state index in [4.69, 9.17) is 9.15 Å². The molecule has 4 rings (SSSR count). The number of furan rings is 1. The summed E-state index contributed by atoms with van der Waals surface area (Å²) in [6.07, 6.45) is 1.45. The average molecular weight is 445 g/mol. The predicted molar refractivity (Wildman–Crippen MR) is 103 cm³/mol. The van der Waals surface area contributed by atoms with Crippen LogP contribution in [0.1, 0.15) is 10.4 Å². The number of halogens is 1. The van der Waals surface area contributed by atoms with Crippen molar-refractivity contribution in [3.05, 3.63) is 57.9 Å². The number of fused-ring (bicyclic) bond motifs is 3. The molecule has 0 aliphatic rings. The molecule has 25 heavy (non-hydrogen) atoms. The summed E-state index contributed by atoms with van der Waals surface area (Å²) in [7, 11) is 1.35. The van der Waals surface area contributed by atoms with Crippen LogP contribution < -0.4 is 5.32 Å². The Balaban J connectivity index is 1.88. The molecule has 0 spiro atoms. The van der Waals surface area contributed by atoms with Gasteiger partial charge in [-0.05, 0) is 65.1 Å². The number of benzene rings is 2. The minimum Gasteiger partial charge on any atom is -0.465 e. The Hall–Kier alpha value is -2.68. The number of hydrogen-bond acceptors (Lipinski definition) is 6. The van der Waals surface area contributed by atoms with E-state index in [-0.39, 0.29) is 0 Å². The van der Waals surface area contributed by atoms with Gasteiger partial charge in [0.1, 0.15) is 17.7 Å². The van der Waals surface area contributed by atoms with E-state index in [1.165, 1.54) is 13.4 Å². The third-order valence-electron chi connectivity index (χ3n) is 3.80. The zero-order valence-corrected chi connectivity index (χ0v) is 15.3. The lowest BCUT2D eigenvalue weighted by Crippen LogP contribution is -2.00. The molecule has 6 nitrogen and oxygen atoms in total. The van der Waals surface area contributed by atoms with Crippen LogP contribution in [0, 0.1) is 3.57 Å². The van der Waals surface area contributed by atoms with Crippen LogP contribution in [0.2, 0.25) is 0 Å². The molecule has 2 heterocycles. The lowest BCUT2D eigenvalue weighted by Gasteiger charge is -2.06. The molecule has 0 unspecified atom stereocenters. The summed E-state index contributed by atoms with van der Waals surface area (Å²) in [5.41, 5.74) is 2.44. The third-order valence-corrected chi connectivity index (χ3v) is 4.52. The summed E-state index contributed by atoms with van der Waals surface area (Å²) >= 11 is 2.25. The molecule has 0 bridgehead atoms. The smallest absolute Gasteiger partial charge is 0.337 e. The van der Waals surface area contributed by atoms with E-state index >= 15 is 0 Å². The molecule has 4 aromatic rings. The van der Waals surface area contributed by atoms with E-state index in [9.17, 15) is 4.79 Å². The number of nitrogens with zero attached hydrogens (tertiary/aromatic N) is 2. The van der Waals surface area contributed by atoms with Crippen molar-refractivity contribution in [2.45, 2.75) is 0 Å². The Morgan fingerprint density at radius 2 is 1.96 bits per heavy atom. The van der Waals surface area contributed by atoms with Crippen molar-refractivity contribution in [3.63, 3.8) is 0 Å². The van der Waals surface area contributed by atoms with Gasteiger partial charge >= 0.3 is 5.97 Å². The number of hydrogen-bond donors (Lipinski definition) is 1. The first-order valence-electron chi connectivity index (χ1n) is 7.44. The first kappa shape index (κ1) is 15.8. The summed E-state index contributed by atoms with van der Waals surface area (Å²) in [5, 5.41) is 4.76. The van der Waals surface area contributed by atoms with Gasteiger partial charge in [0.05, 0.1) is 18.1 Å². The Bertz CT molecular complexity index is 1090. The molecule has 0 amide bonds. The van der Waals surface area contributed by atoms with Crippen LogP contribution in [-0.4, -0.2) is 23.0 Å². The number of nitrogens with one attached hydrogen (secondary N) is 1. The number of carbonyl (C=O) groups is 1. The number of rotatable bonds is 3. The van der Waals surface area contributed by atoms with Gasteiger partial charge in [0.15, 0.2) is 0 Å². The average Bonchev–Trinajstić information content (AvgIpc) is 3.01. The predicted octanol–water partition coefficient (Wildman–Crippen LogP) is 4.51. The summed E-state index contributed by atoms with van der Waals surface area (Å²) in [6, 6.07) is 13.1. The Kier molecular flexibility index (Phi) is 4.00. The highest BCUT2D eigenvalue weighted by molar-refractivity contribution is 14.1. The highest BCUT2D eigenvalue weighted by Gasteiger charge is 2.16. The van der Waals surface area contributed by atoms with E-state index in [2.05, 4.69) is 37.9 Å². The summed E-state index contributed by atoms with van der Waals surface area (Å²) in [6.45, 7) is 0. The van der Waals surface area contributed by atoms with Gasteiger partial charge in [-0.1, -0.05) is 0 Å². The lowest BCUT2D eigenvalue weighted by atomic mass is 10.1. The first-order valence-corrected chi connectivity index (χ1v) is 8.52. The number of anilines is 2. The maximum atomic E-state index is 11.8. The molecule has 2 aromatic carbocycles. The van der Waals surface area contributed by atoms with Crippen LogP contribution in [-0.2, 0) is 4.74 Å². The summed E-state index contributed by atoms with van der Waals surface area (Å²) in [5.74, 6) is 0.215. The van der Waals surface area contributed by atoms with Gasteiger partial charge in [-0.3, -0.25) is 0 Å². The second kappa shape index (κ2) is 6.32. The number of carbonyl (C=O) groups excluding carboxylic acids is 1. The van der Waals surface area contributed by atoms with Crippen molar-refractivity contribution < 1.29 is 13.9 Å². The Morgan fingerprint density at radius 3 is 2.72 bits per heavy atom. The largest absolute Gasteiger partial charge is 0.465 e. The fraction of sp³-hybridized carbons (Fsp3) is 0.0556. The molecule has 0 radical (unpaired) electrons. The SMILES string of the molecule is COC(=O)c1ccc2oc3ncnc(Nc4ccc(I)cc4)c3c2c1. The molecule has 0 saturated heterocycles. The Labute approximate surface area is 156 Å². The van der Waals surface area contributed by atoms with Crippen LogP contribution >= 0.6 is 22.6 Å². The molecule has 0 aliphatic carbocycles. The fourth-order valence-electron chi connectivity index (χ4n) is 2.62. The Morgan fingerprint density at radius 1 is 1.16 bits per heavy atom. The maximum absolute atomic E-state index is 11.8. The van der Waals surface area contributed by atoms with Crippen molar-refractivity contribution in [1.29, 1.82) is 0 Å². The second-order valence-corrected chi connectivity index (χ2v) is 6.58. The van der Waals surface area contributed by atoms with Crippen molar-refractivity contribution in [2.75, 3.05) is 12.4 Å². The van der Waals surface area contributed by atoms with Gasteiger partial charge in [0.2, 0.25) is 5.71 Å². The molecular weight excluding hydrogens is 433 g/mol. The van der Waals surface area contributed by atoms with E-state index in [0.717, 1.165) is 20.0 Å². The van der Waals surface area contributed by atoms with E-state index in [1.54, 1.807) is 18.2 Å². The van der Waals surface area contributed by atoms with Crippen LogP contribution in [0.5, 0.6) is 0 Å². The molecule has 0 saturated carbocycles. The van der Waals surface area contributed by atoms with E-state index < -0.39 is 5.97 Å². The minimum absolute atomic E-state index is 0.403. The van der Waals surface area contributed by atoms with Crippen molar-refractivity contribution >= 4 is 62.1 Å². The van der Waals surface area contributed by atoms with Gasteiger partial charge in [0, 0.05) is 14.6 Å². The summed E-state index contributed by atoms with van der Waals surface area (Å²) in [4.78, 5) is 20.4. The van der Waals surface area contributed by atoms with E-state index in [1.807, 2.05) is 24.3 Å². The van der Waals surface area contributed by atoms with Crippen molar-refractivity contribution in [1.82, 2.24) is 9.97 Å². The van der Waals surface area contributed by atoms with Crippen LogP contribution in [0.25, 0.3) is 22.1 Å². The molecule has 0 aliphatic heterocycles. The summed E-state index contributed by atoms with van der Waals surface area (Å²) < 4.78 is 11.7. The highest BCUT2D eigenvalue weighted by atomic mass is 127. The normalized spacial score (nSPS) is 11.0. The molecule has 2 aromatic heterocycles. The van der Waals surface area contributed by atoms with Gasteiger partial charge in [-0.2, -0.15) is 0 Å². The number of esters is 1. The highest BCUT2D eigenvalue weighted by Crippen LogP contribution is 2.33. The van der Waals surface area contributed by atoms with Crippen LogP contribution in [0.15, 0.2) is 53.2 Å². The monoisotopic (exact) mass is 445 g/mol. The fourth-order valence-corrected chi connectivity index (χ4v) is 2.98. The van der Waals surface area contributed by atoms with Crippen molar-refractivity contribution in [3.8, 4) is 0 Å². The van der Waals surface area contributed by atoms with Gasteiger partial charge in [-0.15, -0.1) is 0 Å². The number of ether oxygens (including phenoxy) is 1. The van der Waals surface area contributed by atoms with Crippen molar-refractivity contribution in [2.24, 2.45) is 0 Å². The molecular formula is C18H12IN3O3. The zero-order valence-electron chi connectivity index (χ0n) is 13.1. The molecule has 7 heteroatoms. The number of methoxy groups -OCH3 is 1. The standard InChI is InChI=1S/C18H12IN3O3/c1-24-18(23)10-2-7-14-13(8-10)15-16(20-9-21-17(15)25-14)22-12-5-3-11(19)4-6-12/h2-9H,1H3,(H,20,21,22). The molecule has 0 atom stereocenters. The third kappa shape index (κ3) is 2.91. The van der Waals surface area contributed by atoms with E-state index in [0.29, 0.717) is 22.7 Å². The van der Waals surface area contributed by atoms with Crippen LogP contribution in [0.4, 0.5) is 11.5 Å². The van der Waals surface area contributed by atoms with Gasteiger partial charge in [-0.25, -0.2) is 14.8 Å². The number of aromatic nitrogens is 2. The first-order chi connectivity index (χ1) is 12.2. The van der Waals surface area contributed by atoms with Gasteiger partial charge in [0.25, 0.3) is 0 Å². The quantitative estimate of drug-likeness (QED) is 0.370. The molecule has 0 fully saturated rings. The van der Waals surface area contributed by atoms with Crippen LogP contribution in [0.3, 0.4) is 0 Å². The lowest BCUT2D eigenvalue weighted by molar-refractivity contribution is 0.0601. The minimum atomic E-state index is -0.403. The topological polar surface area (TPSA) is 77.2 Å². The van der Waals surface area contributed by atoms with Gasteiger partial charge < -0.3 is 14.5 Å². The molecule has 1 N–H and O–H groups in total. The zero-order chi connectivity index (χ0) is 17.4. The second-order valence-electron chi connectivity index (χ2n) is 5.34. The maximum Gasteiger partial charge on any atom is 0.337 e. The molecule has 124 valence electrons.